The van der Waals surface area contributed by atoms with E-state index in [9.17, 15) is 27.6 Å². The third-order valence-electron chi connectivity index (χ3n) is 11.8. The SMILES string of the molecule is CCOc1cc2c3cc(c(OC)cc3n1)C=CCC(C)(C)CN(C)C(=O)N[C@H]1CCCCCC=C[C@@H]3C[C@@]3(C(=O)NS(=O)(=O)C3CC3)NC(=O)[C@@H]3C[C@H](CN3C1=O)O2. The van der Waals surface area contributed by atoms with E-state index >= 15 is 0 Å². The maximum atomic E-state index is 14.8. The van der Waals surface area contributed by atoms with E-state index in [1.165, 1.54) is 4.90 Å². The van der Waals surface area contributed by atoms with Gasteiger partial charge in [-0.3, -0.25) is 19.1 Å². The Morgan fingerprint density at radius 2 is 1.88 bits per heavy atom. The van der Waals surface area contributed by atoms with Crippen LogP contribution in [0.25, 0.3) is 17.0 Å². The van der Waals surface area contributed by atoms with Crippen LogP contribution < -0.4 is 29.6 Å². The fourth-order valence-electron chi connectivity index (χ4n) is 8.41. The van der Waals surface area contributed by atoms with Crippen molar-refractivity contribution in [1.29, 1.82) is 0 Å². The molecule has 0 spiro atoms. The molecule has 16 heteroatoms. The van der Waals surface area contributed by atoms with E-state index in [4.69, 9.17) is 19.2 Å². The minimum Gasteiger partial charge on any atom is -0.496 e. The minimum absolute atomic E-state index is 0.00144. The van der Waals surface area contributed by atoms with Crippen LogP contribution in [0.2, 0.25) is 0 Å². The van der Waals surface area contributed by atoms with Gasteiger partial charge in [-0.2, -0.15) is 0 Å². The number of urea groups is 1. The Kier molecular flexibility index (Phi) is 11.7. The Hall–Kier alpha value is -4.86. The molecule has 5 atom stereocenters. The lowest BCUT2D eigenvalue weighted by Crippen LogP contribution is -2.59. The van der Waals surface area contributed by atoms with Gasteiger partial charge in [0.2, 0.25) is 27.7 Å². The highest BCUT2D eigenvalue weighted by Gasteiger charge is 2.62. The topological polar surface area (TPSA) is 186 Å². The Morgan fingerprint density at radius 3 is 2.62 bits per heavy atom. The predicted molar refractivity (Wildman–Crippen MR) is 218 cm³/mol. The van der Waals surface area contributed by atoms with E-state index in [1.54, 1.807) is 25.1 Å². The molecule has 58 heavy (non-hydrogen) atoms. The Labute approximate surface area is 340 Å². The molecule has 7 rings (SSSR count). The lowest BCUT2D eigenvalue weighted by Gasteiger charge is -2.33. The number of hydrogen-bond donors (Lipinski definition) is 3. The third kappa shape index (κ3) is 8.91. The molecule has 2 aliphatic carbocycles. The summed E-state index contributed by atoms with van der Waals surface area (Å²) in [4.78, 5) is 64.8. The molecule has 1 saturated heterocycles. The van der Waals surface area contributed by atoms with Crippen molar-refractivity contribution in [3.8, 4) is 17.4 Å². The Balaban J connectivity index is 1.29. The van der Waals surface area contributed by atoms with Crippen LogP contribution in [0.3, 0.4) is 0 Å². The number of allylic oxidation sites excluding steroid dienone is 2. The average molecular weight is 821 g/mol. The molecule has 3 N–H and O–H groups in total. The van der Waals surface area contributed by atoms with Gasteiger partial charge in [0.25, 0.3) is 5.91 Å². The maximum Gasteiger partial charge on any atom is 0.317 e. The van der Waals surface area contributed by atoms with Gasteiger partial charge in [0.05, 0.1) is 31.0 Å². The van der Waals surface area contributed by atoms with Gasteiger partial charge in [-0.1, -0.05) is 51.0 Å². The summed E-state index contributed by atoms with van der Waals surface area (Å²) in [6.07, 6.45) is 12.3. The first-order valence-electron chi connectivity index (χ1n) is 20.5. The van der Waals surface area contributed by atoms with Crippen LogP contribution in [0.4, 0.5) is 4.79 Å². The van der Waals surface area contributed by atoms with E-state index in [1.807, 2.05) is 43.4 Å². The number of amides is 5. The van der Waals surface area contributed by atoms with Crippen LogP contribution in [0.1, 0.15) is 90.5 Å². The second-order valence-electron chi connectivity index (χ2n) is 17.1. The number of hydrogen-bond acceptors (Lipinski definition) is 10. The quantitative estimate of drug-likeness (QED) is 0.352. The number of aromatic nitrogens is 1. The van der Waals surface area contributed by atoms with Crippen molar-refractivity contribution in [3.05, 3.63) is 42.0 Å². The van der Waals surface area contributed by atoms with Crippen molar-refractivity contribution < 1.29 is 41.8 Å². The summed E-state index contributed by atoms with van der Waals surface area (Å²) in [5, 5.41) is 5.97. The van der Waals surface area contributed by atoms with Crippen LogP contribution >= 0.6 is 0 Å². The molecule has 314 valence electrons. The number of benzene rings is 1. The first-order valence-corrected chi connectivity index (χ1v) is 22.0. The lowest BCUT2D eigenvalue weighted by atomic mass is 9.88. The molecule has 0 unspecified atom stereocenters. The van der Waals surface area contributed by atoms with Crippen LogP contribution in [-0.4, -0.2) is 110 Å². The second-order valence-corrected chi connectivity index (χ2v) is 19.1. The highest BCUT2D eigenvalue weighted by atomic mass is 32.2. The summed E-state index contributed by atoms with van der Waals surface area (Å²) in [6, 6.07) is 3.00. The van der Waals surface area contributed by atoms with Gasteiger partial charge in [0.15, 0.2) is 0 Å². The molecule has 5 bridgehead atoms. The maximum absolute atomic E-state index is 14.8. The predicted octanol–water partition coefficient (Wildman–Crippen LogP) is 4.45. The molecule has 3 aliphatic heterocycles. The van der Waals surface area contributed by atoms with Gasteiger partial charge in [0, 0.05) is 49.0 Å². The minimum atomic E-state index is -3.90. The molecule has 1 aromatic carbocycles. The molecule has 1 aromatic heterocycles. The zero-order chi connectivity index (χ0) is 41.4. The number of nitrogens with zero attached hydrogens (tertiary/aromatic N) is 3. The summed E-state index contributed by atoms with van der Waals surface area (Å²) in [7, 11) is -0.606. The van der Waals surface area contributed by atoms with Gasteiger partial charge in [-0.15, -0.1) is 0 Å². The van der Waals surface area contributed by atoms with Crippen molar-refractivity contribution in [1.82, 2.24) is 30.1 Å². The van der Waals surface area contributed by atoms with Gasteiger partial charge in [-0.05, 0) is 63.4 Å². The number of carbonyl (C=O) groups excluding carboxylic acids is 4. The smallest absolute Gasteiger partial charge is 0.317 e. The fourth-order valence-corrected chi connectivity index (χ4v) is 9.78. The van der Waals surface area contributed by atoms with E-state index in [0.29, 0.717) is 80.0 Å². The van der Waals surface area contributed by atoms with Gasteiger partial charge in [0.1, 0.15) is 35.2 Å². The molecular formula is C42H56N6O9S. The summed E-state index contributed by atoms with van der Waals surface area (Å²) < 4.78 is 46.4. The zero-order valence-corrected chi connectivity index (χ0v) is 34.9. The van der Waals surface area contributed by atoms with Crippen LogP contribution in [-0.2, 0) is 24.4 Å². The highest BCUT2D eigenvalue weighted by molar-refractivity contribution is 7.91. The van der Waals surface area contributed by atoms with E-state index in [0.717, 1.165) is 18.4 Å². The number of rotatable bonds is 6. The van der Waals surface area contributed by atoms with Crippen LogP contribution in [0.5, 0.6) is 17.4 Å². The number of sulfonamides is 1. The number of nitrogens with one attached hydrogen (secondary N) is 3. The molecule has 2 saturated carbocycles. The standard InChI is InChI=1S/C42H56N6O9S/c1-6-56-36-22-35-30-19-26(34(55-5)21-32(30)43-36)13-12-18-41(2,3)25-47(4)40(52)44-31-15-11-9-7-8-10-14-27-23-42(27,39(51)46-58(53,54)29-16-17-29)45-37(49)33-20-28(57-35)24-48(33)38(31)50/h10,12-14,19,21-22,27-29,31,33H,6-9,11,15-18,20,23-25H2,1-5H3,(H,44,52)(H,45,49)(H,46,51)/t27-,28-,31+,33+,42-/m1/s1. The highest BCUT2D eigenvalue weighted by Crippen LogP contribution is 2.46. The number of carbonyl (C=O) groups is 4. The van der Waals surface area contributed by atoms with Crippen molar-refractivity contribution in [2.45, 2.75) is 114 Å². The lowest BCUT2D eigenvalue weighted by molar-refractivity contribution is -0.141. The van der Waals surface area contributed by atoms with Gasteiger partial charge in [-0.25, -0.2) is 18.2 Å². The van der Waals surface area contributed by atoms with Crippen molar-refractivity contribution in [2.24, 2.45) is 11.3 Å². The largest absolute Gasteiger partial charge is 0.496 e. The zero-order valence-electron chi connectivity index (χ0n) is 34.0. The first kappa shape index (κ1) is 41.3. The van der Waals surface area contributed by atoms with Gasteiger partial charge < -0.3 is 34.6 Å². The average Bonchev–Trinajstić information content (AvgIpc) is 4.09. The molecule has 0 radical (unpaired) electrons. The van der Waals surface area contributed by atoms with Gasteiger partial charge >= 0.3 is 6.03 Å². The monoisotopic (exact) mass is 820 g/mol. The van der Waals surface area contributed by atoms with E-state index in [-0.39, 0.29) is 24.8 Å². The van der Waals surface area contributed by atoms with E-state index in [2.05, 4.69) is 29.2 Å². The Morgan fingerprint density at radius 1 is 1.09 bits per heavy atom. The normalized spacial score (nSPS) is 28.0. The van der Waals surface area contributed by atoms with Crippen molar-refractivity contribution in [2.75, 3.05) is 33.9 Å². The number of fused-ring (bicyclic) bond motifs is 4. The van der Waals surface area contributed by atoms with Crippen molar-refractivity contribution >= 4 is 50.8 Å². The van der Waals surface area contributed by atoms with E-state index < -0.39 is 68.7 Å². The summed E-state index contributed by atoms with van der Waals surface area (Å²) in [5.74, 6) is -0.892. The van der Waals surface area contributed by atoms with Crippen molar-refractivity contribution in [3.63, 3.8) is 0 Å². The fraction of sp³-hybridized carbons (Fsp3) is 0.595. The third-order valence-corrected chi connectivity index (χ3v) is 13.6. The summed E-state index contributed by atoms with van der Waals surface area (Å²) in [5.41, 5.74) is -0.496. The molecule has 5 aliphatic rings. The molecule has 4 heterocycles. The second kappa shape index (κ2) is 16.4. The molecule has 3 fully saturated rings. The molecule has 2 aromatic rings. The van der Waals surface area contributed by atoms with Crippen LogP contribution in [0, 0.1) is 11.3 Å². The molecular weight excluding hydrogens is 765 g/mol. The summed E-state index contributed by atoms with van der Waals surface area (Å²) >= 11 is 0. The number of ether oxygens (including phenoxy) is 3. The molecule has 15 nitrogen and oxygen atoms in total. The number of methoxy groups -OCH3 is 1. The summed E-state index contributed by atoms with van der Waals surface area (Å²) in [6.45, 7) is 6.74. The number of pyridine rings is 1. The first-order chi connectivity index (χ1) is 27.6. The molecule has 5 amide bonds. The Bertz CT molecular complexity index is 2120. The van der Waals surface area contributed by atoms with Crippen LogP contribution in [0.15, 0.2) is 36.4 Å².